The molecule has 1 saturated heterocycles. The maximum atomic E-state index is 13.0. The number of rotatable bonds is 14. The van der Waals surface area contributed by atoms with Crippen LogP contribution in [0.1, 0.15) is 84.9 Å². The van der Waals surface area contributed by atoms with Crippen molar-refractivity contribution >= 4 is 29.4 Å². The number of fused-ring (bicyclic) bond motifs is 1. The van der Waals surface area contributed by atoms with Crippen molar-refractivity contribution in [2.75, 3.05) is 20.2 Å². The number of imide groups is 2. The molecular weight excluding hydrogens is 438 g/mol. The lowest BCUT2D eigenvalue weighted by Gasteiger charge is -2.27. The van der Waals surface area contributed by atoms with Crippen LogP contribution in [0.4, 0.5) is 0 Å². The molecule has 2 N–H and O–H groups in total. The topological polar surface area (TPSA) is 122 Å². The van der Waals surface area contributed by atoms with Crippen LogP contribution in [0, 0.1) is 0 Å². The fourth-order valence-electron chi connectivity index (χ4n) is 4.34. The number of unbranched alkanes of at least 4 members (excludes halogenated alkanes) is 6. The number of ketones is 1. The Morgan fingerprint density at radius 2 is 1.74 bits per heavy atom. The summed E-state index contributed by atoms with van der Waals surface area (Å²) in [5.41, 5.74) is 0.192. The van der Waals surface area contributed by atoms with Crippen molar-refractivity contribution < 1.29 is 28.7 Å². The fourth-order valence-corrected chi connectivity index (χ4v) is 4.34. The standard InChI is InChI=1S/C25H33N3O6/c1-26-15-8-6-4-2-3-5-7-10-17(29)16-34-20-12-9-11-18-22(20)25(33)28(24(18)32)19-13-14-21(30)27-23(19)31/h9,11-12,19,26H,2-8,10,13-16H2,1H3,(H,27,30,31). The summed E-state index contributed by atoms with van der Waals surface area (Å²) in [5, 5.41) is 5.31. The summed E-state index contributed by atoms with van der Waals surface area (Å²) in [6.07, 6.45) is 8.23. The number of amides is 4. The molecule has 9 heteroatoms. The van der Waals surface area contributed by atoms with Crippen molar-refractivity contribution in [1.82, 2.24) is 15.5 Å². The molecule has 2 aliphatic rings. The average molecular weight is 472 g/mol. The van der Waals surface area contributed by atoms with E-state index in [2.05, 4.69) is 10.6 Å². The summed E-state index contributed by atoms with van der Waals surface area (Å²) in [5.74, 6) is -2.25. The molecule has 9 nitrogen and oxygen atoms in total. The van der Waals surface area contributed by atoms with Gasteiger partial charge in [0.1, 0.15) is 18.4 Å². The minimum absolute atomic E-state index is 0.0536. The van der Waals surface area contributed by atoms with Gasteiger partial charge in [0.2, 0.25) is 11.8 Å². The number of ether oxygens (including phenoxy) is 1. The Bertz CT molecular complexity index is 945. The first kappa shape index (κ1) is 25.6. The van der Waals surface area contributed by atoms with Gasteiger partial charge in [-0.05, 0) is 45.0 Å². The zero-order chi connectivity index (χ0) is 24.5. The second kappa shape index (κ2) is 12.4. The summed E-state index contributed by atoms with van der Waals surface area (Å²) in [4.78, 5) is 62.7. The molecule has 0 saturated carbocycles. The number of carbonyl (C=O) groups is 5. The van der Waals surface area contributed by atoms with Crippen molar-refractivity contribution in [2.45, 2.75) is 70.3 Å². The average Bonchev–Trinajstić information content (AvgIpc) is 3.07. The highest BCUT2D eigenvalue weighted by Crippen LogP contribution is 2.33. The van der Waals surface area contributed by atoms with Gasteiger partial charge < -0.3 is 10.1 Å². The molecule has 1 fully saturated rings. The number of hydrogen-bond donors (Lipinski definition) is 2. The molecular formula is C25H33N3O6. The molecule has 1 aromatic rings. The number of piperidine rings is 1. The van der Waals surface area contributed by atoms with E-state index in [-0.39, 0.29) is 42.1 Å². The fraction of sp³-hybridized carbons (Fsp3) is 0.560. The molecule has 2 heterocycles. The molecule has 34 heavy (non-hydrogen) atoms. The Kier molecular flexibility index (Phi) is 9.33. The first-order valence-electron chi connectivity index (χ1n) is 12.1. The summed E-state index contributed by atoms with van der Waals surface area (Å²) in [7, 11) is 1.96. The van der Waals surface area contributed by atoms with Gasteiger partial charge in [-0.1, -0.05) is 38.2 Å². The van der Waals surface area contributed by atoms with Gasteiger partial charge in [-0.15, -0.1) is 0 Å². The lowest BCUT2D eigenvalue weighted by atomic mass is 10.0. The Labute approximate surface area is 199 Å². The van der Waals surface area contributed by atoms with Crippen LogP contribution in [0.25, 0.3) is 0 Å². The van der Waals surface area contributed by atoms with Gasteiger partial charge in [0.25, 0.3) is 11.8 Å². The minimum atomic E-state index is -1.04. The summed E-state index contributed by atoms with van der Waals surface area (Å²) in [6, 6.07) is 3.57. The third-order valence-electron chi connectivity index (χ3n) is 6.20. The smallest absolute Gasteiger partial charge is 0.266 e. The number of Topliss-reactive ketones (excluding diaryl/α,β-unsaturated/α-hetero) is 1. The maximum absolute atomic E-state index is 13.0. The zero-order valence-electron chi connectivity index (χ0n) is 19.7. The van der Waals surface area contributed by atoms with E-state index >= 15 is 0 Å². The molecule has 1 atom stereocenters. The van der Waals surface area contributed by atoms with Gasteiger partial charge in [0.05, 0.1) is 11.1 Å². The molecule has 2 aliphatic heterocycles. The van der Waals surface area contributed by atoms with Crippen molar-refractivity contribution in [3.8, 4) is 5.75 Å². The lowest BCUT2D eigenvalue weighted by Crippen LogP contribution is -2.54. The number of carbonyl (C=O) groups excluding carboxylic acids is 5. The zero-order valence-corrected chi connectivity index (χ0v) is 19.7. The van der Waals surface area contributed by atoms with Crippen LogP contribution in [0.15, 0.2) is 18.2 Å². The van der Waals surface area contributed by atoms with Crippen LogP contribution in [-0.2, 0) is 14.4 Å². The van der Waals surface area contributed by atoms with Crippen molar-refractivity contribution in [2.24, 2.45) is 0 Å². The van der Waals surface area contributed by atoms with E-state index in [1.165, 1.54) is 31.7 Å². The molecule has 0 aromatic heterocycles. The third kappa shape index (κ3) is 6.28. The van der Waals surface area contributed by atoms with E-state index < -0.39 is 29.7 Å². The van der Waals surface area contributed by atoms with E-state index in [1.807, 2.05) is 7.05 Å². The molecule has 184 valence electrons. The predicted molar refractivity (Wildman–Crippen MR) is 124 cm³/mol. The maximum Gasteiger partial charge on any atom is 0.266 e. The van der Waals surface area contributed by atoms with Crippen molar-refractivity contribution in [3.05, 3.63) is 29.3 Å². The first-order chi connectivity index (χ1) is 16.4. The van der Waals surface area contributed by atoms with E-state index in [9.17, 15) is 24.0 Å². The second-order valence-corrected chi connectivity index (χ2v) is 8.78. The highest BCUT2D eigenvalue weighted by Gasteiger charge is 2.46. The molecule has 0 spiro atoms. The molecule has 3 rings (SSSR count). The van der Waals surface area contributed by atoms with Crippen LogP contribution in [0.2, 0.25) is 0 Å². The Balaban J connectivity index is 1.48. The Morgan fingerprint density at radius 3 is 2.44 bits per heavy atom. The number of nitrogens with zero attached hydrogens (tertiary/aromatic N) is 1. The van der Waals surface area contributed by atoms with Gasteiger partial charge >= 0.3 is 0 Å². The highest BCUT2D eigenvalue weighted by atomic mass is 16.5. The van der Waals surface area contributed by atoms with Crippen LogP contribution < -0.4 is 15.4 Å². The first-order valence-corrected chi connectivity index (χ1v) is 12.1. The molecule has 4 amide bonds. The molecule has 1 unspecified atom stereocenters. The molecule has 1 aromatic carbocycles. The van der Waals surface area contributed by atoms with E-state index in [0.717, 1.165) is 30.7 Å². The highest BCUT2D eigenvalue weighted by molar-refractivity contribution is 6.24. The molecule has 0 aliphatic carbocycles. The monoisotopic (exact) mass is 471 g/mol. The molecule has 0 bridgehead atoms. The van der Waals surface area contributed by atoms with Gasteiger partial charge in [-0.3, -0.25) is 34.2 Å². The number of nitrogens with one attached hydrogen (secondary N) is 2. The van der Waals surface area contributed by atoms with Gasteiger partial charge in [0, 0.05) is 12.8 Å². The Morgan fingerprint density at radius 1 is 1.03 bits per heavy atom. The largest absolute Gasteiger partial charge is 0.485 e. The van der Waals surface area contributed by atoms with Crippen LogP contribution in [0.3, 0.4) is 0 Å². The lowest BCUT2D eigenvalue weighted by molar-refractivity contribution is -0.136. The van der Waals surface area contributed by atoms with E-state index in [0.29, 0.717) is 6.42 Å². The van der Waals surface area contributed by atoms with E-state index in [4.69, 9.17) is 4.74 Å². The second-order valence-electron chi connectivity index (χ2n) is 8.78. The summed E-state index contributed by atoms with van der Waals surface area (Å²) < 4.78 is 5.63. The van der Waals surface area contributed by atoms with Crippen LogP contribution >= 0.6 is 0 Å². The van der Waals surface area contributed by atoms with Crippen molar-refractivity contribution in [3.63, 3.8) is 0 Å². The van der Waals surface area contributed by atoms with Crippen LogP contribution in [0.5, 0.6) is 5.75 Å². The summed E-state index contributed by atoms with van der Waals surface area (Å²) >= 11 is 0. The number of hydrogen-bond acceptors (Lipinski definition) is 7. The van der Waals surface area contributed by atoms with Crippen molar-refractivity contribution in [1.29, 1.82) is 0 Å². The van der Waals surface area contributed by atoms with Gasteiger partial charge in [0.15, 0.2) is 5.78 Å². The van der Waals surface area contributed by atoms with E-state index in [1.54, 1.807) is 12.1 Å². The molecule has 0 radical (unpaired) electrons. The minimum Gasteiger partial charge on any atom is -0.485 e. The quantitative estimate of drug-likeness (QED) is 0.316. The Hall–Kier alpha value is -3.07. The third-order valence-corrected chi connectivity index (χ3v) is 6.20. The predicted octanol–water partition coefficient (Wildman–Crippen LogP) is 2.38. The van der Waals surface area contributed by atoms with Gasteiger partial charge in [-0.2, -0.15) is 0 Å². The SMILES string of the molecule is CNCCCCCCCCCC(=O)COc1cccc2c1C(=O)N(C1CCC(=O)NC1=O)C2=O. The summed E-state index contributed by atoms with van der Waals surface area (Å²) in [6.45, 7) is 0.869. The van der Waals surface area contributed by atoms with Crippen LogP contribution in [-0.4, -0.2) is 60.6 Å². The normalized spacial score (nSPS) is 17.7. The number of benzene rings is 1. The van der Waals surface area contributed by atoms with Gasteiger partial charge in [-0.25, -0.2) is 0 Å².